The zero-order valence-electron chi connectivity index (χ0n) is 12.3. The molecule has 1 N–H and O–H groups in total. The average Bonchev–Trinajstić information content (AvgIpc) is 2.77. The van der Waals surface area contributed by atoms with Crippen molar-refractivity contribution in [3.8, 4) is 0 Å². The highest BCUT2D eigenvalue weighted by atomic mass is 79.9. The van der Waals surface area contributed by atoms with E-state index < -0.39 is 5.54 Å². The molecule has 0 bridgehead atoms. The summed E-state index contributed by atoms with van der Waals surface area (Å²) in [5, 5.41) is 3.32. The Balaban J connectivity index is 2.44. The van der Waals surface area contributed by atoms with Crippen molar-refractivity contribution in [1.82, 2.24) is 10.2 Å². The fourth-order valence-corrected chi connectivity index (χ4v) is 3.10. The molecule has 0 aromatic heterocycles. The first-order valence-electron chi connectivity index (χ1n) is 7.00. The molecule has 1 aromatic carbocycles. The van der Waals surface area contributed by atoms with E-state index in [1.165, 1.54) is 13.2 Å². The summed E-state index contributed by atoms with van der Waals surface area (Å²) < 4.78 is 18.9. The molecule has 0 saturated carbocycles. The van der Waals surface area contributed by atoms with Gasteiger partial charge in [-0.3, -0.25) is 4.90 Å². The van der Waals surface area contributed by atoms with Crippen LogP contribution in [0.5, 0.6) is 0 Å². The first kappa shape index (κ1) is 16.4. The van der Waals surface area contributed by atoms with Gasteiger partial charge in [0, 0.05) is 19.6 Å². The lowest BCUT2D eigenvalue weighted by Gasteiger charge is -2.38. The molecule has 21 heavy (non-hydrogen) atoms. The standard InChI is InChI=1S/C15H20BrFN2O2/c1-15(14(20)21-2,19-8-3-6-18-7-9-19)11-4-5-13(17)12(16)10-11/h4-5,10,18H,3,6-9H2,1-2H3. The second kappa shape index (κ2) is 6.85. The van der Waals surface area contributed by atoms with Crippen molar-refractivity contribution in [2.45, 2.75) is 18.9 Å². The van der Waals surface area contributed by atoms with E-state index >= 15 is 0 Å². The van der Waals surface area contributed by atoms with Gasteiger partial charge in [0.05, 0.1) is 11.6 Å². The highest BCUT2D eigenvalue weighted by molar-refractivity contribution is 9.10. The van der Waals surface area contributed by atoms with Gasteiger partial charge >= 0.3 is 5.97 Å². The molecule has 1 unspecified atom stereocenters. The number of hydrogen-bond acceptors (Lipinski definition) is 4. The monoisotopic (exact) mass is 358 g/mol. The van der Waals surface area contributed by atoms with Crippen molar-refractivity contribution >= 4 is 21.9 Å². The molecule has 0 spiro atoms. The molecule has 0 radical (unpaired) electrons. The van der Waals surface area contributed by atoms with E-state index in [4.69, 9.17) is 4.74 Å². The summed E-state index contributed by atoms with van der Waals surface area (Å²) in [7, 11) is 1.38. The van der Waals surface area contributed by atoms with Crippen LogP contribution in [-0.2, 0) is 15.1 Å². The van der Waals surface area contributed by atoms with Gasteiger partial charge in [0.15, 0.2) is 0 Å². The third-order valence-corrected chi connectivity index (χ3v) is 4.64. The highest BCUT2D eigenvalue weighted by Gasteiger charge is 2.42. The third-order valence-electron chi connectivity index (χ3n) is 4.04. The second-order valence-electron chi connectivity index (χ2n) is 5.28. The van der Waals surface area contributed by atoms with Crippen LogP contribution in [-0.4, -0.2) is 44.2 Å². The van der Waals surface area contributed by atoms with Crippen molar-refractivity contribution in [2.75, 3.05) is 33.3 Å². The number of esters is 1. The van der Waals surface area contributed by atoms with Gasteiger partial charge in [-0.15, -0.1) is 0 Å². The molecule has 0 amide bonds. The number of hydrogen-bond donors (Lipinski definition) is 1. The van der Waals surface area contributed by atoms with E-state index in [1.54, 1.807) is 12.1 Å². The zero-order chi connectivity index (χ0) is 15.5. The van der Waals surface area contributed by atoms with Crippen LogP contribution in [0.25, 0.3) is 0 Å². The van der Waals surface area contributed by atoms with Crippen LogP contribution in [0.15, 0.2) is 22.7 Å². The third kappa shape index (κ3) is 3.27. The van der Waals surface area contributed by atoms with Gasteiger partial charge in [0.2, 0.25) is 0 Å². The molecule has 116 valence electrons. The van der Waals surface area contributed by atoms with Crippen LogP contribution in [0, 0.1) is 5.82 Å². The molecule has 1 atom stereocenters. The van der Waals surface area contributed by atoms with E-state index in [2.05, 4.69) is 26.1 Å². The first-order chi connectivity index (χ1) is 10.00. The summed E-state index contributed by atoms with van der Waals surface area (Å²) in [6.07, 6.45) is 0.953. The summed E-state index contributed by atoms with van der Waals surface area (Å²) in [5.74, 6) is -0.675. The van der Waals surface area contributed by atoms with Crippen LogP contribution >= 0.6 is 15.9 Å². The van der Waals surface area contributed by atoms with Gasteiger partial charge in [0.25, 0.3) is 0 Å². The summed E-state index contributed by atoms with van der Waals surface area (Å²) in [6, 6.07) is 4.68. The predicted molar refractivity (Wildman–Crippen MR) is 82.5 cm³/mol. The lowest BCUT2D eigenvalue weighted by Crippen LogP contribution is -2.51. The van der Waals surface area contributed by atoms with Gasteiger partial charge in [-0.1, -0.05) is 6.07 Å². The summed E-state index contributed by atoms with van der Waals surface area (Å²) >= 11 is 3.19. The molecule has 2 rings (SSSR count). The topological polar surface area (TPSA) is 41.6 Å². The highest BCUT2D eigenvalue weighted by Crippen LogP contribution is 2.32. The minimum absolute atomic E-state index is 0.331. The van der Waals surface area contributed by atoms with Crippen molar-refractivity contribution in [2.24, 2.45) is 0 Å². The van der Waals surface area contributed by atoms with Gasteiger partial charge in [-0.2, -0.15) is 0 Å². The molecule has 6 heteroatoms. The second-order valence-corrected chi connectivity index (χ2v) is 6.14. The van der Waals surface area contributed by atoms with Crippen molar-refractivity contribution in [1.29, 1.82) is 0 Å². The Kier molecular flexibility index (Phi) is 5.35. The van der Waals surface area contributed by atoms with Gasteiger partial charge < -0.3 is 10.1 Å². The molecular formula is C15H20BrFN2O2. The number of ether oxygens (including phenoxy) is 1. The maximum Gasteiger partial charge on any atom is 0.330 e. The molecule has 1 aliphatic heterocycles. The number of methoxy groups -OCH3 is 1. The van der Waals surface area contributed by atoms with Crippen LogP contribution in [0.2, 0.25) is 0 Å². The first-order valence-corrected chi connectivity index (χ1v) is 7.79. The number of nitrogens with zero attached hydrogens (tertiary/aromatic N) is 1. The molecule has 1 fully saturated rings. The van der Waals surface area contributed by atoms with E-state index in [1.807, 2.05) is 6.92 Å². The Bertz CT molecular complexity index is 518. The maximum absolute atomic E-state index is 13.5. The molecule has 0 aliphatic carbocycles. The summed E-state index contributed by atoms with van der Waals surface area (Å²) in [4.78, 5) is 14.5. The Morgan fingerprint density at radius 2 is 2.19 bits per heavy atom. The Labute approximate surface area is 132 Å². The quantitative estimate of drug-likeness (QED) is 0.841. The van der Waals surface area contributed by atoms with Gasteiger partial charge in [-0.05, 0) is 53.5 Å². The number of rotatable bonds is 3. The molecule has 1 saturated heterocycles. The van der Waals surface area contributed by atoms with Crippen LogP contribution in [0.1, 0.15) is 18.9 Å². The summed E-state index contributed by atoms with van der Waals surface area (Å²) in [6.45, 7) is 5.10. The number of carbonyl (C=O) groups excluding carboxylic acids is 1. The van der Waals surface area contributed by atoms with Crippen molar-refractivity contribution in [3.63, 3.8) is 0 Å². The van der Waals surface area contributed by atoms with Crippen molar-refractivity contribution < 1.29 is 13.9 Å². The Morgan fingerprint density at radius 1 is 1.43 bits per heavy atom. The van der Waals surface area contributed by atoms with E-state index in [-0.39, 0.29) is 11.8 Å². The molecular weight excluding hydrogens is 339 g/mol. The molecule has 4 nitrogen and oxygen atoms in total. The number of nitrogens with one attached hydrogen (secondary N) is 1. The minimum Gasteiger partial charge on any atom is -0.467 e. The average molecular weight is 359 g/mol. The van der Waals surface area contributed by atoms with E-state index in [0.29, 0.717) is 4.47 Å². The number of halogens is 2. The molecule has 1 aliphatic rings. The van der Waals surface area contributed by atoms with Crippen LogP contribution < -0.4 is 5.32 Å². The number of carbonyl (C=O) groups is 1. The normalized spacial score (nSPS) is 19.6. The Morgan fingerprint density at radius 3 is 2.86 bits per heavy atom. The van der Waals surface area contributed by atoms with Crippen LogP contribution in [0.3, 0.4) is 0 Å². The number of benzene rings is 1. The fourth-order valence-electron chi connectivity index (χ4n) is 2.72. The molecule has 1 aromatic rings. The SMILES string of the molecule is COC(=O)C(C)(c1ccc(F)c(Br)c1)N1CCCNCC1. The van der Waals surface area contributed by atoms with E-state index in [9.17, 15) is 9.18 Å². The maximum atomic E-state index is 13.5. The lowest BCUT2D eigenvalue weighted by molar-refractivity contribution is -0.155. The fraction of sp³-hybridized carbons (Fsp3) is 0.533. The lowest BCUT2D eigenvalue weighted by atomic mass is 9.89. The van der Waals surface area contributed by atoms with Crippen molar-refractivity contribution in [3.05, 3.63) is 34.1 Å². The van der Waals surface area contributed by atoms with Crippen LogP contribution in [0.4, 0.5) is 4.39 Å². The zero-order valence-corrected chi connectivity index (χ0v) is 13.9. The van der Waals surface area contributed by atoms with E-state index in [0.717, 1.165) is 38.2 Å². The summed E-state index contributed by atoms with van der Waals surface area (Å²) in [5.41, 5.74) is -0.193. The van der Waals surface area contributed by atoms with Gasteiger partial charge in [0.1, 0.15) is 11.4 Å². The Hall–Kier alpha value is -0.980. The largest absolute Gasteiger partial charge is 0.467 e. The van der Waals surface area contributed by atoms with Gasteiger partial charge in [-0.25, -0.2) is 9.18 Å². The predicted octanol–water partition coefficient (Wildman–Crippen LogP) is 2.27. The smallest absolute Gasteiger partial charge is 0.330 e. The molecule has 1 heterocycles. The minimum atomic E-state index is -0.920.